The van der Waals surface area contributed by atoms with Gasteiger partial charge in [-0.05, 0) is 12.1 Å². The highest BCUT2D eigenvalue weighted by Gasteiger charge is 2.17. The molecule has 0 saturated carbocycles. The molecule has 0 bridgehead atoms. The molecule has 3 aromatic rings. The summed E-state index contributed by atoms with van der Waals surface area (Å²) >= 11 is 0. The summed E-state index contributed by atoms with van der Waals surface area (Å²) in [5.41, 5.74) is 6.54. The van der Waals surface area contributed by atoms with Gasteiger partial charge in [0.1, 0.15) is 0 Å². The zero-order valence-corrected chi connectivity index (χ0v) is 10.2. The molecule has 0 aliphatic heterocycles. The van der Waals surface area contributed by atoms with Gasteiger partial charge in [0, 0.05) is 12.6 Å². The second-order valence-electron chi connectivity index (χ2n) is 3.95. The number of hydrogen-bond donors (Lipinski definition) is 1. The third-order valence-electron chi connectivity index (χ3n) is 2.75. The maximum absolute atomic E-state index is 11.8. The van der Waals surface area contributed by atoms with Gasteiger partial charge in [-0.15, -0.1) is 5.10 Å². The van der Waals surface area contributed by atoms with Crippen LogP contribution in [0.25, 0.3) is 17.2 Å². The monoisotopic (exact) mass is 257 g/mol. The highest BCUT2D eigenvalue weighted by molar-refractivity contribution is 6.01. The van der Waals surface area contributed by atoms with Gasteiger partial charge in [0.25, 0.3) is 0 Å². The lowest BCUT2D eigenvalue weighted by Gasteiger charge is -2.00. The van der Waals surface area contributed by atoms with Gasteiger partial charge in [0.2, 0.25) is 11.8 Å². The largest absolute Gasteiger partial charge is 0.461 e. The fourth-order valence-corrected chi connectivity index (χ4v) is 1.79. The Morgan fingerprint density at radius 3 is 3.05 bits per heavy atom. The molecule has 96 valence electrons. The third kappa shape index (κ3) is 1.75. The molecule has 0 unspecified atom stereocenters. The van der Waals surface area contributed by atoms with Gasteiger partial charge in [-0.25, -0.2) is 9.97 Å². The molecule has 0 radical (unpaired) electrons. The van der Waals surface area contributed by atoms with Crippen LogP contribution in [0.1, 0.15) is 23.7 Å². The standard InChI is InChI=1S/C12H11N5O2/c1-2-8(18)7-6-14-12(13)17-11(7)15-10(16-17)9-4-3-5-19-9/h3-6H,2H2,1H3,(H2,13,14). The zero-order chi connectivity index (χ0) is 13.4. The summed E-state index contributed by atoms with van der Waals surface area (Å²) in [6, 6.07) is 3.47. The summed E-state index contributed by atoms with van der Waals surface area (Å²) in [6.45, 7) is 1.78. The smallest absolute Gasteiger partial charge is 0.223 e. The minimum absolute atomic E-state index is 0.0594. The molecule has 0 saturated heterocycles. The van der Waals surface area contributed by atoms with E-state index in [1.54, 1.807) is 19.1 Å². The number of carbonyl (C=O) groups excluding carboxylic acids is 1. The van der Waals surface area contributed by atoms with E-state index in [4.69, 9.17) is 10.2 Å². The fourth-order valence-electron chi connectivity index (χ4n) is 1.79. The van der Waals surface area contributed by atoms with Crippen LogP contribution in [0.2, 0.25) is 0 Å². The SMILES string of the molecule is CCC(=O)c1cnc(N)n2nc(-c3ccco3)nc12. The molecule has 0 aliphatic rings. The lowest BCUT2D eigenvalue weighted by atomic mass is 10.2. The first-order valence-electron chi connectivity index (χ1n) is 5.79. The van der Waals surface area contributed by atoms with Crippen molar-refractivity contribution in [1.82, 2.24) is 19.6 Å². The first-order chi connectivity index (χ1) is 9.20. The topological polar surface area (TPSA) is 99.3 Å². The van der Waals surface area contributed by atoms with Crippen molar-refractivity contribution < 1.29 is 9.21 Å². The van der Waals surface area contributed by atoms with Crippen molar-refractivity contribution in [1.29, 1.82) is 0 Å². The lowest BCUT2D eigenvalue weighted by Crippen LogP contribution is -2.07. The van der Waals surface area contributed by atoms with Crippen LogP contribution in [0, 0.1) is 0 Å². The average Bonchev–Trinajstić information content (AvgIpc) is 3.07. The number of anilines is 1. The lowest BCUT2D eigenvalue weighted by molar-refractivity contribution is 0.0989. The molecular weight excluding hydrogens is 246 g/mol. The molecule has 7 nitrogen and oxygen atoms in total. The van der Waals surface area contributed by atoms with Crippen LogP contribution >= 0.6 is 0 Å². The Morgan fingerprint density at radius 1 is 1.53 bits per heavy atom. The minimum atomic E-state index is -0.0594. The zero-order valence-electron chi connectivity index (χ0n) is 10.2. The molecule has 0 aromatic carbocycles. The highest BCUT2D eigenvalue weighted by Crippen LogP contribution is 2.20. The maximum Gasteiger partial charge on any atom is 0.223 e. The number of carbonyl (C=O) groups is 1. The molecule has 0 spiro atoms. The molecule has 0 aliphatic carbocycles. The highest BCUT2D eigenvalue weighted by atomic mass is 16.3. The minimum Gasteiger partial charge on any atom is -0.461 e. The second kappa shape index (κ2) is 4.20. The fraction of sp³-hybridized carbons (Fsp3) is 0.167. The van der Waals surface area contributed by atoms with E-state index < -0.39 is 0 Å². The van der Waals surface area contributed by atoms with Gasteiger partial charge < -0.3 is 10.2 Å². The summed E-state index contributed by atoms with van der Waals surface area (Å²) in [5.74, 6) is 0.997. The Balaban J connectivity index is 2.26. The van der Waals surface area contributed by atoms with Crippen LogP contribution in [0.15, 0.2) is 29.0 Å². The Labute approximate surface area is 108 Å². The van der Waals surface area contributed by atoms with Crippen LogP contribution in [0.4, 0.5) is 5.95 Å². The van der Waals surface area contributed by atoms with Crippen LogP contribution in [-0.4, -0.2) is 25.4 Å². The van der Waals surface area contributed by atoms with Crippen molar-refractivity contribution in [3.63, 3.8) is 0 Å². The van der Waals surface area contributed by atoms with Crippen molar-refractivity contribution >= 4 is 17.4 Å². The molecule has 0 fully saturated rings. The van der Waals surface area contributed by atoms with E-state index in [1.807, 2.05) is 0 Å². The number of nitrogens with zero attached hydrogens (tertiary/aromatic N) is 4. The van der Waals surface area contributed by atoms with Crippen molar-refractivity contribution in [2.24, 2.45) is 0 Å². The first kappa shape index (κ1) is 11.4. The number of ketones is 1. The van der Waals surface area contributed by atoms with Gasteiger partial charge >= 0.3 is 0 Å². The molecule has 2 N–H and O–H groups in total. The Morgan fingerprint density at radius 2 is 2.37 bits per heavy atom. The summed E-state index contributed by atoms with van der Waals surface area (Å²) in [5, 5.41) is 4.20. The van der Waals surface area contributed by atoms with Crippen molar-refractivity contribution in [3.8, 4) is 11.6 Å². The van der Waals surface area contributed by atoms with E-state index in [9.17, 15) is 4.79 Å². The van der Waals surface area contributed by atoms with Crippen LogP contribution in [-0.2, 0) is 0 Å². The van der Waals surface area contributed by atoms with Gasteiger partial charge in [-0.2, -0.15) is 4.52 Å². The molecule has 3 aromatic heterocycles. The van der Waals surface area contributed by atoms with Crippen molar-refractivity contribution in [2.75, 3.05) is 5.73 Å². The van der Waals surface area contributed by atoms with Crippen LogP contribution in [0.3, 0.4) is 0 Å². The van der Waals surface area contributed by atoms with E-state index in [0.29, 0.717) is 29.2 Å². The Bertz CT molecular complexity index is 745. The van der Waals surface area contributed by atoms with Gasteiger partial charge in [-0.3, -0.25) is 4.79 Å². The van der Waals surface area contributed by atoms with Crippen LogP contribution < -0.4 is 5.73 Å². The summed E-state index contributed by atoms with van der Waals surface area (Å²) in [6.07, 6.45) is 3.32. The quantitative estimate of drug-likeness (QED) is 0.715. The van der Waals surface area contributed by atoms with E-state index in [0.717, 1.165) is 0 Å². The maximum atomic E-state index is 11.8. The van der Waals surface area contributed by atoms with E-state index in [-0.39, 0.29) is 11.7 Å². The third-order valence-corrected chi connectivity index (χ3v) is 2.75. The predicted molar refractivity (Wildman–Crippen MR) is 67.5 cm³/mol. The number of hydrogen-bond acceptors (Lipinski definition) is 6. The van der Waals surface area contributed by atoms with E-state index in [1.165, 1.54) is 17.0 Å². The molecule has 0 amide bonds. The molecule has 3 rings (SSSR count). The number of furan rings is 1. The number of fused-ring (bicyclic) bond motifs is 1. The second-order valence-corrected chi connectivity index (χ2v) is 3.95. The van der Waals surface area contributed by atoms with Crippen LogP contribution in [0.5, 0.6) is 0 Å². The van der Waals surface area contributed by atoms with Gasteiger partial charge in [-0.1, -0.05) is 6.92 Å². The van der Waals surface area contributed by atoms with Gasteiger partial charge in [0.05, 0.1) is 11.8 Å². The number of aromatic nitrogens is 4. The number of rotatable bonds is 3. The summed E-state index contributed by atoms with van der Waals surface area (Å²) in [7, 11) is 0. The molecular formula is C12H11N5O2. The molecule has 19 heavy (non-hydrogen) atoms. The van der Waals surface area contributed by atoms with Crippen molar-refractivity contribution in [3.05, 3.63) is 30.2 Å². The summed E-state index contributed by atoms with van der Waals surface area (Å²) in [4.78, 5) is 20.1. The predicted octanol–water partition coefficient (Wildman–Crippen LogP) is 1.56. The summed E-state index contributed by atoms with van der Waals surface area (Å²) < 4.78 is 6.58. The average molecular weight is 257 g/mol. The van der Waals surface area contributed by atoms with Crippen molar-refractivity contribution in [2.45, 2.75) is 13.3 Å². The Hall–Kier alpha value is -2.70. The van der Waals surface area contributed by atoms with Gasteiger partial charge in [0.15, 0.2) is 17.2 Å². The Kier molecular flexibility index (Phi) is 2.52. The number of Topliss-reactive ketones (excluding diaryl/α,β-unsaturated/α-hetero) is 1. The number of nitrogens with two attached hydrogens (primary N) is 1. The molecule has 0 atom stereocenters. The first-order valence-corrected chi connectivity index (χ1v) is 5.79. The normalized spacial score (nSPS) is 11.0. The van der Waals surface area contributed by atoms with E-state index in [2.05, 4.69) is 15.1 Å². The van der Waals surface area contributed by atoms with E-state index >= 15 is 0 Å². The number of nitrogen functional groups attached to an aromatic ring is 1. The molecule has 7 heteroatoms. The molecule has 3 heterocycles.